The molecule has 1 aliphatic rings. The Kier molecular flexibility index (Phi) is 4.89. The fraction of sp³-hybridized carbons (Fsp3) is 0.353. The highest BCUT2D eigenvalue weighted by Crippen LogP contribution is 2.32. The maximum absolute atomic E-state index is 11.9. The lowest BCUT2D eigenvalue weighted by Gasteiger charge is -2.34. The topological polar surface area (TPSA) is 132 Å². The van der Waals surface area contributed by atoms with Crippen LogP contribution in [0, 0.1) is 10.1 Å². The van der Waals surface area contributed by atoms with Gasteiger partial charge in [-0.2, -0.15) is 4.68 Å². The zero-order valence-electron chi connectivity index (χ0n) is 15.6. The van der Waals surface area contributed by atoms with E-state index in [-0.39, 0.29) is 23.4 Å². The second-order valence-corrected chi connectivity index (χ2v) is 6.29. The summed E-state index contributed by atoms with van der Waals surface area (Å²) in [7, 11) is 0. The van der Waals surface area contributed by atoms with Gasteiger partial charge >= 0.3 is 11.8 Å². The van der Waals surface area contributed by atoms with Crippen LogP contribution in [-0.4, -0.2) is 73.7 Å². The van der Waals surface area contributed by atoms with Crippen molar-refractivity contribution < 1.29 is 14.5 Å². The lowest BCUT2D eigenvalue weighted by molar-refractivity contribution is -0.384. The summed E-state index contributed by atoms with van der Waals surface area (Å²) in [6, 6.07) is 7.13. The van der Waals surface area contributed by atoms with Gasteiger partial charge in [0.2, 0.25) is 11.6 Å². The molecular weight excluding hydrogens is 380 g/mol. The number of anilines is 1. The van der Waals surface area contributed by atoms with Crippen molar-refractivity contribution in [2.45, 2.75) is 6.92 Å². The van der Waals surface area contributed by atoms with Crippen LogP contribution in [0.25, 0.3) is 16.9 Å². The fourth-order valence-corrected chi connectivity index (χ4v) is 3.25. The highest BCUT2D eigenvalue weighted by Gasteiger charge is 2.32. The monoisotopic (exact) mass is 398 g/mol. The highest BCUT2D eigenvalue weighted by molar-refractivity contribution is 5.78. The standard InChI is InChI=1S/C17H18N8O4/c1-2-29-17(26)23-9-7-22(8-10-23)15-14(25(27)28)16(19-11-18-15)24-13-6-4-3-5-12(13)20-21-24/h3-6,11H,2,7-10H2,1H3. The summed E-state index contributed by atoms with van der Waals surface area (Å²) in [5.41, 5.74) is 0.949. The van der Waals surface area contributed by atoms with Crippen LogP contribution in [0.1, 0.15) is 6.92 Å². The van der Waals surface area contributed by atoms with Crippen molar-refractivity contribution in [2.24, 2.45) is 0 Å². The Morgan fingerprint density at radius 3 is 2.62 bits per heavy atom. The van der Waals surface area contributed by atoms with Gasteiger partial charge in [0.1, 0.15) is 11.8 Å². The van der Waals surface area contributed by atoms with Crippen LogP contribution in [0.3, 0.4) is 0 Å². The molecule has 4 rings (SSSR count). The average Bonchev–Trinajstić information content (AvgIpc) is 3.17. The third-order valence-electron chi connectivity index (χ3n) is 4.62. The zero-order chi connectivity index (χ0) is 20.4. The lowest BCUT2D eigenvalue weighted by Crippen LogP contribution is -2.49. The molecule has 29 heavy (non-hydrogen) atoms. The number of hydrogen-bond acceptors (Lipinski definition) is 9. The molecule has 0 radical (unpaired) electrons. The molecule has 1 fully saturated rings. The molecule has 1 saturated heterocycles. The number of rotatable bonds is 4. The summed E-state index contributed by atoms with van der Waals surface area (Å²) < 4.78 is 6.35. The SMILES string of the molecule is CCOC(=O)N1CCN(c2ncnc(-n3nnc4ccccc43)c2[N+](=O)[O-])CC1. The van der Waals surface area contributed by atoms with E-state index in [1.165, 1.54) is 11.0 Å². The second-order valence-electron chi connectivity index (χ2n) is 6.29. The Hall–Kier alpha value is -3.83. The number of benzene rings is 1. The van der Waals surface area contributed by atoms with Gasteiger partial charge < -0.3 is 14.5 Å². The number of aromatic nitrogens is 5. The summed E-state index contributed by atoms with van der Waals surface area (Å²) >= 11 is 0. The van der Waals surface area contributed by atoms with E-state index < -0.39 is 4.92 Å². The van der Waals surface area contributed by atoms with Crippen molar-refractivity contribution >= 4 is 28.6 Å². The number of fused-ring (bicyclic) bond motifs is 1. The van der Waals surface area contributed by atoms with E-state index >= 15 is 0 Å². The van der Waals surface area contributed by atoms with Crippen molar-refractivity contribution in [2.75, 3.05) is 37.7 Å². The van der Waals surface area contributed by atoms with Crippen molar-refractivity contribution in [3.63, 3.8) is 0 Å². The van der Waals surface area contributed by atoms with Crippen molar-refractivity contribution in [3.05, 3.63) is 40.7 Å². The van der Waals surface area contributed by atoms with Crippen molar-refractivity contribution in [1.82, 2.24) is 29.9 Å². The van der Waals surface area contributed by atoms with Gasteiger partial charge in [-0.15, -0.1) is 5.10 Å². The first kappa shape index (κ1) is 18.5. The van der Waals surface area contributed by atoms with Gasteiger partial charge in [0.15, 0.2) is 0 Å². The van der Waals surface area contributed by atoms with Gasteiger partial charge in [-0.3, -0.25) is 10.1 Å². The molecule has 1 amide bonds. The molecule has 2 aromatic heterocycles. The zero-order valence-corrected chi connectivity index (χ0v) is 15.6. The van der Waals surface area contributed by atoms with E-state index in [0.717, 1.165) is 0 Å². The van der Waals surface area contributed by atoms with Gasteiger partial charge in [0.05, 0.1) is 17.0 Å². The first-order valence-corrected chi connectivity index (χ1v) is 9.07. The van der Waals surface area contributed by atoms with Crippen molar-refractivity contribution in [3.8, 4) is 5.82 Å². The molecule has 1 aliphatic heterocycles. The van der Waals surface area contributed by atoms with E-state index in [1.807, 2.05) is 6.07 Å². The lowest BCUT2D eigenvalue weighted by atomic mass is 10.3. The molecular formula is C17H18N8O4. The minimum atomic E-state index is -0.515. The fourth-order valence-electron chi connectivity index (χ4n) is 3.25. The van der Waals surface area contributed by atoms with E-state index in [2.05, 4.69) is 20.3 Å². The molecule has 12 heteroatoms. The average molecular weight is 398 g/mol. The minimum absolute atomic E-state index is 0.0431. The molecule has 0 bridgehead atoms. The van der Waals surface area contributed by atoms with Gasteiger partial charge in [0.25, 0.3) is 0 Å². The third kappa shape index (κ3) is 3.39. The van der Waals surface area contributed by atoms with Crippen LogP contribution < -0.4 is 4.90 Å². The number of hydrogen-bond donors (Lipinski definition) is 0. The maximum atomic E-state index is 11.9. The number of piperazine rings is 1. The van der Waals surface area contributed by atoms with Gasteiger partial charge in [0, 0.05) is 26.2 Å². The molecule has 3 heterocycles. The first-order chi connectivity index (χ1) is 14.1. The number of nitrogens with zero attached hydrogens (tertiary/aromatic N) is 8. The molecule has 0 spiro atoms. The Morgan fingerprint density at radius 1 is 1.17 bits per heavy atom. The Bertz CT molecular complexity index is 1060. The highest BCUT2D eigenvalue weighted by atomic mass is 16.6. The largest absolute Gasteiger partial charge is 0.450 e. The quantitative estimate of drug-likeness (QED) is 0.472. The van der Waals surface area contributed by atoms with Crippen LogP contribution in [0.5, 0.6) is 0 Å². The van der Waals surface area contributed by atoms with Crippen LogP contribution in [-0.2, 0) is 4.74 Å². The Labute approximate surface area is 164 Å². The second kappa shape index (κ2) is 7.66. The third-order valence-corrected chi connectivity index (χ3v) is 4.62. The minimum Gasteiger partial charge on any atom is -0.450 e. The molecule has 12 nitrogen and oxygen atoms in total. The van der Waals surface area contributed by atoms with E-state index in [1.54, 1.807) is 34.9 Å². The molecule has 0 aliphatic carbocycles. The predicted molar refractivity (Wildman–Crippen MR) is 102 cm³/mol. The molecule has 0 unspecified atom stereocenters. The van der Waals surface area contributed by atoms with E-state index in [0.29, 0.717) is 43.8 Å². The molecule has 150 valence electrons. The smallest absolute Gasteiger partial charge is 0.409 e. The first-order valence-electron chi connectivity index (χ1n) is 9.07. The number of amides is 1. The summed E-state index contributed by atoms with van der Waals surface area (Å²) in [5.74, 6) is 0.226. The summed E-state index contributed by atoms with van der Waals surface area (Å²) in [4.78, 5) is 34.9. The van der Waals surface area contributed by atoms with Gasteiger partial charge in [-0.25, -0.2) is 14.8 Å². The number of para-hydroxylation sites is 1. The van der Waals surface area contributed by atoms with Gasteiger partial charge in [-0.1, -0.05) is 17.3 Å². The molecule has 0 saturated carbocycles. The van der Waals surface area contributed by atoms with Crippen LogP contribution in [0.2, 0.25) is 0 Å². The number of carbonyl (C=O) groups is 1. The van der Waals surface area contributed by atoms with Crippen molar-refractivity contribution in [1.29, 1.82) is 0 Å². The van der Waals surface area contributed by atoms with E-state index in [4.69, 9.17) is 4.74 Å². The number of ether oxygens (including phenoxy) is 1. The van der Waals surface area contributed by atoms with Crippen LogP contribution >= 0.6 is 0 Å². The molecule has 3 aromatic rings. The van der Waals surface area contributed by atoms with E-state index in [9.17, 15) is 14.9 Å². The van der Waals surface area contributed by atoms with Gasteiger partial charge in [-0.05, 0) is 19.1 Å². The normalized spacial score (nSPS) is 14.2. The summed E-state index contributed by atoms with van der Waals surface area (Å²) in [5, 5.41) is 20.0. The summed E-state index contributed by atoms with van der Waals surface area (Å²) in [6.07, 6.45) is 0.880. The predicted octanol–water partition coefficient (Wildman–Crippen LogP) is 1.40. The molecule has 0 N–H and O–H groups in total. The summed E-state index contributed by atoms with van der Waals surface area (Å²) in [6.45, 7) is 3.56. The maximum Gasteiger partial charge on any atom is 0.409 e. The molecule has 1 aromatic carbocycles. The Morgan fingerprint density at radius 2 is 1.90 bits per heavy atom. The molecule has 0 atom stereocenters. The number of carbonyl (C=O) groups excluding carboxylic acids is 1. The van der Waals surface area contributed by atoms with Crippen LogP contribution in [0.4, 0.5) is 16.3 Å². The number of nitro groups is 1. The Balaban J connectivity index is 1.68. The van der Waals surface area contributed by atoms with Crippen LogP contribution in [0.15, 0.2) is 30.6 Å².